The Hall–Kier alpha value is -2.01. The quantitative estimate of drug-likeness (QED) is 0.769. The van der Waals surface area contributed by atoms with Crippen molar-refractivity contribution in [2.24, 2.45) is 0 Å². The second-order valence-corrected chi connectivity index (χ2v) is 9.99. The summed E-state index contributed by atoms with van der Waals surface area (Å²) < 4.78 is 60.4. The molecule has 160 valence electrons. The van der Waals surface area contributed by atoms with Crippen molar-refractivity contribution < 1.29 is 26.7 Å². The summed E-state index contributed by atoms with van der Waals surface area (Å²) in [4.78, 5) is 12.8. The Morgan fingerprint density at radius 2 is 1.90 bits per heavy atom. The van der Waals surface area contributed by atoms with Crippen LogP contribution in [0.3, 0.4) is 0 Å². The molecule has 0 unspecified atom stereocenters. The zero-order valence-electron chi connectivity index (χ0n) is 15.9. The van der Waals surface area contributed by atoms with E-state index in [1.54, 1.807) is 12.1 Å². The summed E-state index contributed by atoms with van der Waals surface area (Å²) in [6.45, 7) is 0.716. The van der Waals surface area contributed by atoms with Gasteiger partial charge in [-0.15, -0.1) is 11.8 Å². The van der Waals surface area contributed by atoms with Crippen LogP contribution in [0.25, 0.3) is 0 Å². The van der Waals surface area contributed by atoms with E-state index in [2.05, 4.69) is 5.32 Å². The lowest BCUT2D eigenvalue weighted by Crippen LogP contribution is -2.41. The summed E-state index contributed by atoms with van der Waals surface area (Å²) in [5.74, 6) is -1.16. The Balaban J connectivity index is 1.59. The molecule has 2 aromatic rings. The number of halogens is 2. The summed E-state index contributed by atoms with van der Waals surface area (Å²) in [5, 5.41) is 2.83. The Labute approximate surface area is 177 Å². The fourth-order valence-corrected chi connectivity index (χ4v) is 6.19. The van der Waals surface area contributed by atoms with Crippen LogP contribution in [-0.4, -0.2) is 50.7 Å². The number of hydrogen-bond donors (Lipinski definition) is 1. The minimum atomic E-state index is -4.09. The molecule has 1 N–H and O–H groups in total. The Kier molecular flexibility index (Phi) is 6.10. The Bertz CT molecular complexity index is 1070. The zero-order chi connectivity index (χ0) is 21.3. The van der Waals surface area contributed by atoms with E-state index in [-0.39, 0.29) is 37.7 Å². The van der Waals surface area contributed by atoms with Crippen molar-refractivity contribution in [3.63, 3.8) is 0 Å². The van der Waals surface area contributed by atoms with E-state index in [1.165, 1.54) is 23.9 Å². The van der Waals surface area contributed by atoms with Gasteiger partial charge in [0.2, 0.25) is 10.0 Å². The first-order valence-corrected chi connectivity index (χ1v) is 11.9. The van der Waals surface area contributed by atoms with Crippen molar-refractivity contribution in [3.8, 4) is 0 Å². The summed E-state index contributed by atoms with van der Waals surface area (Å²) in [5.41, 5.74) is 0.710. The lowest BCUT2D eigenvalue weighted by Gasteiger charge is -2.27. The van der Waals surface area contributed by atoms with Gasteiger partial charge in [0.25, 0.3) is 5.91 Å². The SMILES string of the molecule is O=C(N[C@@H]1CCSc2c(F)cccc21)c1ccc(F)c(S(=O)(=O)N2CCOCC2)c1. The predicted octanol–water partition coefficient (Wildman–Crippen LogP) is 2.95. The standard InChI is InChI=1S/C20H20F2N2O4S2/c21-15-5-4-13(12-18(15)30(26,27)24-7-9-28-10-8-24)20(25)23-17-6-11-29-19-14(17)2-1-3-16(19)22/h1-5,12,17H,6-11H2,(H,23,25)/t17-/m1/s1. The summed E-state index contributed by atoms with van der Waals surface area (Å²) in [6, 6.07) is 7.59. The van der Waals surface area contributed by atoms with E-state index in [1.807, 2.05) is 0 Å². The van der Waals surface area contributed by atoms with Crippen molar-refractivity contribution in [3.05, 3.63) is 59.2 Å². The topological polar surface area (TPSA) is 75.7 Å². The van der Waals surface area contributed by atoms with Crippen molar-refractivity contribution in [2.45, 2.75) is 22.3 Å². The van der Waals surface area contributed by atoms with E-state index < -0.39 is 32.7 Å². The molecule has 0 bridgehead atoms. The number of ether oxygens (including phenoxy) is 1. The van der Waals surface area contributed by atoms with Crippen LogP contribution in [0.15, 0.2) is 46.2 Å². The van der Waals surface area contributed by atoms with Gasteiger partial charge in [-0.3, -0.25) is 4.79 Å². The predicted molar refractivity (Wildman–Crippen MR) is 108 cm³/mol. The molecule has 1 fully saturated rings. The fourth-order valence-electron chi connectivity index (χ4n) is 3.55. The summed E-state index contributed by atoms with van der Waals surface area (Å²) in [6.07, 6.45) is 0.604. The van der Waals surface area contributed by atoms with Crippen LogP contribution in [0.4, 0.5) is 8.78 Å². The first kappa shape index (κ1) is 21.2. The lowest BCUT2D eigenvalue weighted by molar-refractivity contribution is 0.0729. The molecule has 1 atom stereocenters. The smallest absolute Gasteiger partial charge is 0.251 e. The third kappa shape index (κ3) is 4.09. The van der Waals surface area contributed by atoms with Gasteiger partial charge < -0.3 is 10.1 Å². The lowest BCUT2D eigenvalue weighted by atomic mass is 10.0. The van der Waals surface area contributed by atoms with Crippen LogP contribution in [0.5, 0.6) is 0 Å². The number of hydrogen-bond acceptors (Lipinski definition) is 5. The van der Waals surface area contributed by atoms with E-state index >= 15 is 0 Å². The molecule has 0 aromatic heterocycles. The van der Waals surface area contributed by atoms with Gasteiger partial charge in [-0.25, -0.2) is 17.2 Å². The maximum atomic E-state index is 14.4. The molecule has 1 saturated heterocycles. The minimum Gasteiger partial charge on any atom is -0.379 e. The van der Waals surface area contributed by atoms with Crippen molar-refractivity contribution in [2.75, 3.05) is 32.1 Å². The number of thioether (sulfide) groups is 1. The highest BCUT2D eigenvalue weighted by Gasteiger charge is 2.30. The van der Waals surface area contributed by atoms with Crippen molar-refractivity contribution in [1.29, 1.82) is 0 Å². The molecule has 10 heteroatoms. The molecule has 6 nitrogen and oxygen atoms in total. The fraction of sp³-hybridized carbons (Fsp3) is 0.350. The number of amides is 1. The van der Waals surface area contributed by atoms with Crippen LogP contribution in [0, 0.1) is 11.6 Å². The summed E-state index contributed by atoms with van der Waals surface area (Å²) >= 11 is 1.39. The molecule has 0 spiro atoms. The molecule has 0 aliphatic carbocycles. The summed E-state index contributed by atoms with van der Waals surface area (Å²) in [7, 11) is -4.09. The second-order valence-electron chi connectivity index (χ2n) is 6.98. The highest BCUT2D eigenvalue weighted by Crippen LogP contribution is 2.37. The Morgan fingerprint density at radius 3 is 2.67 bits per heavy atom. The largest absolute Gasteiger partial charge is 0.379 e. The molecular formula is C20H20F2N2O4S2. The number of nitrogens with one attached hydrogen (secondary N) is 1. The number of sulfonamides is 1. The number of carbonyl (C=O) groups is 1. The number of carbonyl (C=O) groups excluding carboxylic acids is 1. The normalized spacial score (nSPS) is 19.9. The van der Waals surface area contributed by atoms with E-state index in [0.717, 1.165) is 16.4 Å². The van der Waals surface area contributed by atoms with Crippen LogP contribution in [-0.2, 0) is 14.8 Å². The molecule has 0 saturated carbocycles. The van der Waals surface area contributed by atoms with Gasteiger partial charge in [-0.1, -0.05) is 12.1 Å². The van der Waals surface area contributed by atoms with Crippen LogP contribution >= 0.6 is 11.8 Å². The third-order valence-corrected chi connectivity index (χ3v) is 8.19. The van der Waals surface area contributed by atoms with Crippen LogP contribution in [0.1, 0.15) is 28.4 Å². The monoisotopic (exact) mass is 454 g/mol. The van der Waals surface area contributed by atoms with Gasteiger partial charge in [0, 0.05) is 29.3 Å². The van der Waals surface area contributed by atoms with Crippen molar-refractivity contribution in [1.82, 2.24) is 9.62 Å². The highest BCUT2D eigenvalue weighted by molar-refractivity contribution is 7.99. The molecule has 2 aromatic carbocycles. The van der Waals surface area contributed by atoms with E-state index in [4.69, 9.17) is 4.74 Å². The van der Waals surface area contributed by atoms with Gasteiger partial charge in [0.15, 0.2) is 0 Å². The minimum absolute atomic E-state index is 0.0272. The van der Waals surface area contributed by atoms with Crippen LogP contribution < -0.4 is 5.32 Å². The molecule has 2 aliphatic heterocycles. The van der Waals surface area contributed by atoms with Gasteiger partial charge in [-0.2, -0.15) is 4.31 Å². The first-order chi connectivity index (χ1) is 14.4. The number of fused-ring (bicyclic) bond motifs is 1. The molecule has 1 amide bonds. The average molecular weight is 455 g/mol. The first-order valence-electron chi connectivity index (χ1n) is 9.47. The maximum absolute atomic E-state index is 14.4. The van der Waals surface area contributed by atoms with Gasteiger partial charge >= 0.3 is 0 Å². The number of rotatable bonds is 4. The zero-order valence-corrected chi connectivity index (χ0v) is 17.6. The Morgan fingerprint density at radius 1 is 1.13 bits per heavy atom. The molecular weight excluding hydrogens is 434 g/mol. The van der Waals surface area contributed by atoms with Gasteiger partial charge in [0.1, 0.15) is 16.5 Å². The molecule has 2 heterocycles. The molecule has 0 radical (unpaired) electrons. The molecule has 2 aliphatic rings. The third-order valence-electron chi connectivity index (χ3n) is 5.11. The molecule has 30 heavy (non-hydrogen) atoms. The number of nitrogens with zero attached hydrogens (tertiary/aromatic N) is 1. The molecule has 4 rings (SSSR count). The van der Waals surface area contributed by atoms with Crippen LogP contribution in [0.2, 0.25) is 0 Å². The van der Waals surface area contributed by atoms with Crippen molar-refractivity contribution >= 4 is 27.7 Å². The van der Waals surface area contributed by atoms with Gasteiger partial charge in [-0.05, 0) is 36.2 Å². The van der Waals surface area contributed by atoms with Gasteiger partial charge in [0.05, 0.1) is 19.3 Å². The number of benzene rings is 2. The second kappa shape index (κ2) is 8.62. The average Bonchev–Trinajstić information content (AvgIpc) is 2.75. The van der Waals surface area contributed by atoms with E-state index in [9.17, 15) is 22.0 Å². The highest BCUT2D eigenvalue weighted by atomic mass is 32.2. The van der Waals surface area contributed by atoms with E-state index in [0.29, 0.717) is 22.6 Å². The maximum Gasteiger partial charge on any atom is 0.251 e. The number of morpholine rings is 1.